The number of hydrogen-bond acceptors (Lipinski definition) is 5. The van der Waals surface area contributed by atoms with Gasteiger partial charge in [-0.05, 0) is 19.3 Å². The van der Waals surface area contributed by atoms with Gasteiger partial charge in [-0.25, -0.2) is 4.68 Å². The Balaban J connectivity index is 1.94. The quantitative estimate of drug-likeness (QED) is 0.812. The average molecular weight is 309 g/mol. The molecule has 1 aliphatic heterocycles. The first-order valence-electron chi connectivity index (χ1n) is 7.62. The molecule has 1 aromatic heterocycles. The Kier molecular flexibility index (Phi) is 5.48. The molecule has 1 atom stereocenters. The summed E-state index contributed by atoms with van der Waals surface area (Å²) in [7, 11) is 0. The van der Waals surface area contributed by atoms with Crippen molar-refractivity contribution < 1.29 is 14.7 Å². The molecule has 2 amide bonds. The van der Waals surface area contributed by atoms with Crippen LogP contribution < -0.4 is 5.32 Å². The fourth-order valence-electron chi connectivity index (χ4n) is 2.45. The number of nitrogens with zero attached hydrogens (tertiary/aromatic N) is 4. The Morgan fingerprint density at radius 3 is 2.91 bits per heavy atom. The minimum Gasteiger partial charge on any atom is -0.394 e. The number of aliphatic hydroxyl groups is 1. The lowest BCUT2D eigenvalue weighted by Gasteiger charge is -2.34. The third-order valence-corrected chi connectivity index (χ3v) is 3.77. The topological polar surface area (TPSA) is 100 Å². The molecule has 0 bridgehead atoms. The summed E-state index contributed by atoms with van der Waals surface area (Å²) in [5.41, 5.74) is 0. The molecule has 0 saturated carbocycles. The van der Waals surface area contributed by atoms with Crippen molar-refractivity contribution in [1.82, 2.24) is 19.9 Å². The molecule has 8 heteroatoms. The minimum atomic E-state index is -0.148. The van der Waals surface area contributed by atoms with Crippen LogP contribution in [-0.2, 0) is 16.1 Å². The number of carbonyl (C=O) groups is 2. The lowest BCUT2D eigenvalue weighted by atomic mass is 10.0. The van der Waals surface area contributed by atoms with Crippen LogP contribution in [0.4, 0.5) is 5.82 Å². The van der Waals surface area contributed by atoms with Gasteiger partial charge in [0, 0.05) is 12.5 Å². The molecule has 1 aliphatic rings. The van der Waals surface area contributed by atoms with E-state index in [0.717, 1.165) is 19.3 Å². The molecule has 1 unspecified atom stereocenters. The monoisotopic (exact) mass is 309 g/mol. The molecule has 8 nitrogen and oxygen atoms in total. The molecule has 22 heavy (non-hydrogen) atoms. The standard InChI is InChI=1S/C14H23N5O3/c1-10(2)14(22)15-12-7-18(17-16-12)8-13(21)19-6-4-3-5-11(19)9-20/h7,10-11,20H,3-6,8-9H2,1-2H3,(H,15,22). The third kappa shape index (κ3) is 4.03. The van der Waals surface area contributed by atoms with Crippen LogP contribution in [0.15, 0.2) is 6.20 Å². The van der Waals surface area contributed by atoms with Gasteiger partial charge < -0.3 is 15.3 Å². The van der Waals surface area contributed by atoms with Gasteiger partial charge in [-0.15, -0.1) is 5.10 Å². The first kappa shape index (κ1) is 16.4. The summed E-state index contributed by atoms with van der Waals surface area (Å²) in [4.78, 5) is 25.6. The SMILES string of the molecule is CC(C)C(=O)Nc1cn(CC(=O)N2CCCCC2CO)nn1. The number of likely N-dealkylation sites (tertiary alicyclic amines) is 1. The molecule has 2 rings (SSSR count). The fourth-order valence-corrected chi connectivity index (χ4v) is 2.45. The first-order valence-corrected chi connectivity index (χ1v) is 7.62. The maximum Gasteiger partial charge on any atom is 0.244 e. The van der Waals surface area contributed by atoms with Crippen molar-refractivity contribution in [2.24, 2.45) is 5.92 Å². The second-order valence-electron chi connectivity index (χ2n) is 5.86. The van der Waals surface area contributed by atoms with Gasteiger partial charge in [-0.3, -0.25) is 9.59 Å². The van der Waals surface area contributed by atoms with E-state index in [2.05, 4.69) is 15.6 Å². The summed E-state index contributed by atoms with van der Waals surface area (Å²) >= 11 is 0. The van der Waals surface area contributed by atoms with Gasteiger partial charge in [0.1, 0.15) is 6.54 Å². The van der Waals surface area contributed by atoms with Crippen LogP contribution in [0.5, 0.6) is 0 Å². The number of amides is 2. The van der Waals surface area contributed by atoms with Crippen molar-refractivity contribution in [2.45, 2.75) is 45.7 Å². The van der Waals surface area contributed by atoms with E-state index in [4.69, 9.17) is 0 Å². The van der Waals surface area contributed by atoms with Gasteiger partial charge in [-0.1, -0.05) is 19.1 Å². The van der Waals surface area contributed by atoms with Crippen molar-refractivity contribution >= 4 is 17.6 Å². The molecule has 0 aromatic carbocycles. The molecule has 0 radical (unpaired) electrons. The van der Waals surface area contributed by atoms with Crippen LogP contribution in [-0.4, -0.2) is 56.0 Å². The highest BCUT2D eigenvalue weighted by atomic mass is 16.3. The Morgan fingerprint density at radius 2 is 2.23 bits per heavy atom. The first-order chi connectivity index (χ1) is 10.5. The van der Waals surface area contributed by atoms with Crippen LogP contribution >= 0.6 is 0 Å². The number of rotatable bonds is 5. The summed E-state index contributed by atoms with van der Waals surface area (Å²) in [6.45, 7) is 4.28. The van der Waals surface area contributed by atoms with Crippen molar-refractivity contribution in [1.29, 1.82) is 0 Å². The van der Waals surface area contributed by atoms with Crippen LogP contribution in [0.3, 0.4) is 0 Å². The normalized spacial score (nSPS) is 18.5. The maximum absolute atomic E-state index is 12.3. The molecule has 122 valence electrons. The van der Waals surface area contributed by atoms with Gasteiger partial charge in [-0.2, -0.15) is 0 Å². The van der Waals surface area contributed by atoms with Gasteiger partial charge >= 0.3 is 0 Å². The molecule has 1 aromatic rings. The Morgan fingerprint density at radius 1 is 1.45 bits per heavy atom. The number of aliphatic hydroxyl groups excluding tert-OH is 1. The van der Waals surface area contributed by atoms with Crippen LogP contribution in [0.1, 0.15) is 33.1 Å². The van der Waals surface area contributed by atoms with Crippen LogP contribution in [0.25, 0.3) is 0 Å². The van der Waals surface area contributed by atoms with Crippen molar-refractivity contribution in [3.63, 3.8) is 0 Å². The molecule has 0 spiro atoms. The smallest absolute Gasteiger partial charge is 0.244 e. The summed E-state index contributed by atoms with van der Waals surface area (Å²) in [5.74, 6) is -0.0468. The van der Waals surface area contributed by atoms with Crippen LogP contribution in [0, 0.1) is 5.92 Å². The van der Waals surface area contributed by atoms with E-state index in [0.29, 0.717) is 12.4 Å². The lowest BCUT2D eigenvalue weighted by molar-refractivity contribution is -0.136. The predicted octanol–water partition coefficient (Wildman–Crippen LogP) is 0.246. The molecule has 1 fully saturated rings. The van der Waals surface area contributed by atoms with Crippen molar-refractivity contribution in [2.75, 3.05) is 18.5 Å². The zero-order chi connectivity index (χ0) is 16.1. The molecular formula is C14H23N5O3. The summed E-state index contributed by atoms with van der Waals surface area (Å²) < 4.78 is 1.40. The van der Waals surface area contributed by atoms with Crippen molar-refractivity contribution in [3.05, 3.63) is 6.20 Å². The zero-order valence-corrected chi connectivity index (χ0v) is 13.0. The van der Waals surface area contributed by atoms with Gasteiger partial charge in [0.25, 0.3) is 0 Å². The minimum absolute atomic E-state index is 0.0151. The summed E-state index contributed by atoms with van der Waals surface area (Å²) in [6, 6.07) is -0.107. The largest absolute Gasteiger partial charge is 0.394 e. The van der Waals surface area contributed by atoms with Crippen molar-refractivity contribution in [3.8, 4) is 0 Å². The zero-order valence-electron chi connectivity index (χ0n) is 13.0. The molecule has 2 heterocycles. The second kappa shape index (κ2) is 7.35. The van der Waals surface area contributed by atoms with E-state index < -0.39 is 0 Å². The average Bonchev–Trinajstić information content (AvgIpc) is 2.94. The number of carbonyl (C=O) groups excluding carboxylic acids is 2. The number of piperidine rings is 1. The highest BCUT2D eigenvalue weighted by molar-refractivity contribution is 5.90. The lowest BCUT2D eigenvalue weighted by Crippen LogP contribution is -2.47. The van der Waals surface area contributed by atoms with E-state index in [9.17, 15) is 14.7 Å². The number of aromatic nitrogens is 3. The Labute approximate surface area is 129 Å². The van der Waals surface area contributed by atoms with E-state index >= 15 is 0 Å². The highest BCUT2D eigenvalue weighted by Gasteiger charge is 2.26. The maximum atomic E-state index is 12.3. The van der Waals surface area contributed by atoms with E-state index in [1.165, 1.54) is 10.9 Å². The molecular weight excluding hydrogens is 286 g/mol. The van der Waals surface area contributed by atoms with E-state index in [1.54, 1.807) is 18.7 Å². The van der Waals surface area contributed by atoms with E-state index in [-0.39, 0.29) is 36.9 Å². The number of nitrogens with one attached hydrogen (secondary N) is 1. The molecule has 2 N–H and O–H groups in total. The number of hydrogen-bond donors (Lipinski definition) is 2. The van der Waals surface area contributed by atoms with Crippen LogP contribution in [0.2, 0.25) is 0 Å². The summed E-state index contributed by atoms with van der Waals surface area (Å²) in [6.07, 6.45) is 4.35. The molecule has 0 aliphatic carbocycles. The van der Waals surface area contributed by atoms with Gasteiger partial charge in [0.2, 0.25) is 11.8 Å². The highest BCUT2D eigenvalue weighted by Crippen LogP contribution is 2.17. The third-order valence-electron chi connectivity index (χ3n) is 3.77. The fraction of sp³-hybridized carbons (Fsp3) is 0.714. The van der Waals surface area contributed by atoms with Gasteiger partial charge in [0.15, 0.2) is 5.82 Å². The summed E-state index contributed by atoms with van der Waals surface area (Å²) in [5, 5.41) is 19.7. The Bertz CT molecular complexity index is 528. The van der Waals surface area contributed by atoms with Gasteiger partial charge in [0.05, 0.1) is 18.8 Å². The van der Waals surface area contributed by atoms with E-state index in [1.807, 2.05) is 0 Å². The number of anilines is 1. The Hall–Kier alpha value is -1.96. The second-order valence-corrected chi connectivity index (χ2v) is 5.86. The molecule has 1 saturated heterocycles. The predicted molar refractivity (Wildman–Crippen MR) is 79.9 cm³/mol.